The normalized spacial score (nSPS) is 24.4. The highest BCUT2D eigenvalue weighted by molar-refractivity contribution is 9.10. The summed E-state index contributed by atoms with van der Waals surface area (Å²) in [4.78, 5) is 15.7. The largest absolute Gasteiger partial charge is 0.343 e. The van der Waals surface area contributed by atoms with Crippen LogP contribution in [-0.2, 0) is 0 Å². The highest BCUT2D eigenvalue weighted by Gasteiger charge is 2.42. The molecule has 1 aliphatic heterocycles. The smallest absolute Gasteiger partial charge is 0.253 e. The molecule has 1 fully saturated rings. The van der Waals surface area contributed by atoms with Crippen LogP contribution in [-0.4, -0.2) is 29.9 Å². The summed E-state index contributed by atoms with van der Waals surface area (Å²) in [5.41, 5.74) is 2.72. The topological polar surface area (TPSA) is 32.3 Å². The number of nitrogens with one attached hydrogen (secondary N) is 1. The molecule has 3 nitrogen and oxygen atoms in total. The fraction of sp³-hybridized carbons (Fsp3) is 0.435. The molecule has 2 aromatic rings. The van der Waals surface area contributed by atoms with Crippen LogP contribution in [0.3, 0.4) is 0 Å². The van der Waals surface area contributed by atoms with Crippen molar-refractivity contribution in [3.8, 4) is 0 Å². The average molecular weight is 429 g/mol. The lowest BCUT2D eigenvalue weighted by atomic mass is 9.76. The van der Waals surface area contributed by atoms with Crippen molar-refractivity contribution in [2.24, 2.45) is 5.92 Å². The van der Waals surface area contributed by atoms with Crippen molar-refractivity contribution in [2.75, 3.05) is 13.6 Å². The number of carbonyl (C=O) groups is 1. The molecule has 3 atom stereocenters. The molecular weight excluding hydrogens is 400 g/mol. The molecule has 0 radical (unpaired) electrons. The number of hydrogen-bond donors (Lipinski definition) is 1. The molecule has 27 heavy (non-hydrogen) atoms. The number of hydrogen-bond acceptors (Lipinski definition) is 2. The van der Waals surface area contributed by atoms with Crippen molar-refractivity contribution in [1.29, 1.82) is 0 Å². The van der Waals surface area contributed by atoms with Crippen molar-refractivity contribution >= 4 is 21.8 Å². The van der Waals surface area contributed by atoms with Crippen LogP contribution < -0.4 is 5.32 Å². The zero-order valence-corrected chi connectivity index (χ0v) is 18.2. The fourth-order valence-corrected chi connectivity index (χ4v) is 4.87. The van der Waals surface area contributed by atoms with Crippen molar-refractivity contribution in [3.05, 3.63) is 69.7 Å². The van der Waals surface area contributed by atoms with Crippen LogP contribution in [0.1, 0.15) is 54.2 Å². The maximum atomic E-state index is 13.3. The first kappa shape index (κ1) is 20.1. The number of likely N-dealkylation sites (N-methyl/N-ethyl adjacent to an activating group) is 1. The number of likely N-dealkylation sites (tertiary alicyclic amines) is 1. The second-order valence-electron chi connectivity index (χ2n) is 8.13. The molecule has 4 heteroatoms. The highest BCUT2D eigenvalue weighted by atomic mass is 79.9. The van der Waals surface area contributed by atoms with E-state index in [1.165, 1.54) is 6.42 Å². The SMILES string of the molecule is Cc1cccc(Br)c1C(=O)NC(c1ccccc1)C1(C)CCC(C)CN1C. The second kappa shape index (κ2) is 8.15. The van der Waals surface area contributed by atoms with E-state index in [1.54, 1.807) is 0 Å². The lowest BCUT2D eigenvalue weighted by Gasteiger charge is -2.50. The predicted octanol–water partition coefficient (Wildman–Crippen LogP) is 5.35. The van der Waals surface area contributed by atoms with Gasteiger partial charge in [-0.25, -0.2) is 0 Å². The number of halogens is 1. The standard InChI is InChI=1S/C23H29BrN2O/c1-16-13-14-23(3,26(4)15-16)21(18-10-6-5-7-11-18)25-22(27)20-17(2)9-8-12-19(20)24/h5-12,16,21H,13-15H2,1-4H3,(H,25,27). The van der Waals surface area contributed by atoms with E-state index in [9.17, 15) is 4.79 Å². The zero-order chi connectivity index (χ0) is 19.6. The van der Waals surface area contributed by atoms with Gasteiger partial charge in [-0.3, -0.25) is 9.69 Å². The quantitative estimate of drug-likeness (QED) is 0.711. The lowest BCUT2D eigenvalue weighted by Crippen LogP contribution is -2.57. The third kappa shape index (κ3) is 4.12. The van der Waals surface area contributed by atoms with Gasteiger partial charge in [0, 0.05) is 16.6 Å². The summed E-state index contributed by atoms with van der Waals surface area (Å²) in [6.07, 6.45) is 2.23. The van der Waals surface area contributed by atoms with Gasteiger partial charge in [-0.1, -0.05) is 49.4 Å². The van der Waals surface area contributed by atoms with Gasteiger partial charge in [0.2, 0.25) is 0 Å². The molecule has 3 unspecified atom stereocenters. The van der Waals surface area contributed by atoms with E-state index in [0.29, 0.717) is 11.5 Å². The summed E-state index contributed by atoms with van der Waals surface area (Å²) in [6, 6.07) is 16.2. The number of aryl methyl sites for hydroxylation is 1. The molecule has 0 aromatic heterocycles. The predicted molar refractivity (Wildman–Crippen MR) is 115 cm³/mol. The first-order chi connectivity index (χ1) is 12.8. The summed E-state index contributed by atoms with van der Waals surface area (Å²) in [6.45, 7) is 7.61. The number of carbonyl (C=O) groups excluding carboxylic acids is 1. The van der Waals surface area contributed by atoms with Gasteiger partial charge in [-0.05, 0) is 72.8 Å². The van der Waals surface area contributed by atoms with Gasteiger partial charge >= 0.3 is 0 Å². The van der Waals surface area contributed by atoms with E-state index >= 15 is 0 Å². The number of rotatable bonds is 4. The van der Waals surface area contributed by atoms with Gasteiger partial charge in [-0.2, -0.15) is 0 Å². The number of nitrogens with zero attached hydrogens (tertiary/aromatic N) is 1. The Morgan fingerprint density at radius 1 is 1.22 bits per heavy atom. The van der Waals surface area contributed by atoms with E-state index < -0.39 is 0 Å². The molecule has 3 rings (SSSR count). The monoisotopic (exact) mass is 428 g/mol. The van der Waals surface area contributed by atoms with Gasteiger partial charge in [0.25, 0.3) is 5.91 Å². The molecule has 1 saturated heterocycles. The van der Waals surface area contributed by atoms with E-state index in [2.05, 4.69) is 59.2 Å². The van der Waals surface area contributed by atoms with Crippen molar-refractivity contribution < 1.29 is 4.79 Å². The second-order valence-corrected chi connectivity index (χ2v) is 8.98. The van der Waals surface area contributed by atoms with Crippen LogP contribution in [0, 0.1) is 12.8 Å². The van der Waals surface area contributed by atoms with Crippen LogP contribution in [0.15, 0.2) is 53.0 Å². The Bertz CT molecular complexity index is 787. The third-order valence-electron chi connectivity index (χ3n) is 6.08. The van der Waals surface area contributed by atoms with Crippen LogP contribution in [0.4, 0.5) is 0 Å². The summed E-state index contributed by atoms with van der Waals surface area (Å²) >= 11 is 3.55. The van der Waals surface area contributed by atoms with Crippen molar-refractivity contribution in [2.45, 2.75) is 45.2 Å². The Morgan fingerprint density at radius 3 is 2.56 bits per heavy atom. The highest BCUT2D eigenvalue weighted by Crippen LogP contribution is 2.39. The number of benzene rings is 2. The Morgan fingerprint density at radius 2 is 1.93 bits per heavy atom. The molecule has 144 valence electrons. The van der Waals surface area contributed by atoms with E-state index in [1.807, 2.05) is 43.3 Å². The minimum absolute atomic E-state index is 0.0259. The van der Waals surface area contributed by atoms with E-state index in [-0.39, 0.29) is 17.5 Å². The molecular formula is C23H29BrN2O. The van der Waals surface area contributed by atoms with Gasteiger partial charge < -0.3 is 5.32 Å². The van der Waals surface area contributed by atoms with Crippen LogP contribution >= 0.6 is 15.9 Å². The molecule has 0 spiro atoms. The summed E-state index contributed by atoms with van der Waals surface area (Å²) in [7, 11) is 2.18. The minimum Gasteiger partial charge on any atom is -0.343 e. The summed E-state index contributed by atoms with van der Waals surface area (Å²) in [5, 5.41) is 3.38. The van der Waals surface area contributed by atoms with Crippen LogP contribution in [0.25, 0.3) is 0 Å². The van der Waals surface area contributed by atoms with Crippen molar-refractivity contribution in [3.63, 3.8) is 0 Å². The van der Waals surface area contributed by atoms with Gasteiger partial charge in [0.05, 0.1) is 11.6 Å². The lowest BCUT2D eigenvalue weighted by molar-refractivity contribution is 0.0276. The molecule has 1 amide bonds. The first-order valence-corrected chi connectivity index (χ1v) is 10.4. The minimum atomic E-state index is -0.126. The zero-order valence-electron chi connectivity index (χ0n) is 16.6. The van der Waals surface area contributed by atoms with Crippen molar-refractivity contribution in [1.82, 2.24) is 10.2 Å². The number of amides is 1. The van der Waals surface area contributed by atoms with Gasteiger partial charge in [0.1, 0.15) is 0 Å². The molecule has 2 aromatic carbocycles. The van der Waals surface area contributed by atoms with E-state index in [4.69, 9.17) is 0 Å². The molecule has 0 bridgehead atoms. The Hall–Kier alpha value is -1.65. The van der Waals surface area contributed by atoms with Crippen LogP contribution in [0.2, 0.25) is 0 Å². The number of piperidine rings is 1. The van der Waals surface area contributed by atoms with Crippen LogP contribution in [0.5, 0.6) is 0 Å². The first-order valence-electron chi connectivity index (χ1n) is 9.65. The summed E-state index contributed by atoms with van der Waals surface area (Å²) in [5.74, 6) is 0.655. The Kier molecular flexibility index (Phi) is 6.07. The fourth-order valence-electron chi connectivity index (χ4n) is 4.23. The molecule has 1 heterocycles. The molecule has 0 aliphatic carbocycles. The molecule has 1 N–H and O–H groups in total. The van der Waals surface area contributed by atoms with E-state index in [0.717, 1.165) is 28.6 Å². The van der Waals surface area contributed by atoms with Gasteiger partial charge in [-0.15, -0.1) is 0 Å². The summed E-state index contributed by atoms with van der Waals surface area (Å²) < 4.78 is 0.836. The molecule has 1 aliphatic rings. The maximum absolute atomic E-state index is 13.3. The molecule has 0 saturated carbocycles. The van der Waals surface area contributed by atoms with Gasteiger partial charge in [0.15, 0.2) is 0 Å². The Labute approximate surface area is 171 Å². The average Bonchev–Trinajstić information content (AvgIpc) is 2.64. The third-order valence-corrected chi connectivity index (χ3v) is 6.74. The maximum Gasteiger partial charge on any atom is 0.253 e. The Balaban J connectivity index is 1.98.